The zero-order valence-electron chi connectivity index (χ0n) is 16.8. The number of aliphatic carboxylic acids is 2. The molecule has 0 aliphatic carbocycles. The Hall–Kier alpha value is -0.140. The van der Waals surface area contributed by atoms with Gasteiger partial charge in [0.25, 0.3) is 0 Å². The fourth-order valence-electron chi connectivity index (χ4n) is 2.98. The molecular formula is C21H18Br6O6. The van der Waals surface area contributed by atoms with Crippen molar-refractivity contribution in [1.29, 1.82) is 0 Å². The van der Waals surface area contributed by atoms with Crippen molar-refractivity contribution >= 4 is 108 Å². The summed E-state index contributed by atoms with van der Waals surface area (Å²) in [5.41, 5.74) is -0.880. The van der Waals surface area contributed by atoms with Gasteiger partial charge in [0.05, 0.1) is 31.1 Å². The highest BCUT2D eigenvalue weighted by Crippen LogP contribution is 2.41. The van der Waals surface area contributed by atoms with Crippen molar-refractivity contribution in [2.24, 2.45) is 5.41 Å². The molecule has 6 nitrogen and oxygen atoms in total. The lowest BCUT2D eigenvalue weighted by Gasteiger charge is -2.33. The van der Waals surface area contributed by atoms with Crippen molar-refractivity contribution in [3.8, 4) is 11.5 Å². The zero-order valence-corrected chi connectivity index (χ0v) is 26.4. The molecule has 2 N–H and O–H groups in total. The lowest BCUT2D eigenvalue weighted by molar-refractivity contribution is -0.138. The minimum Gasteiger partial charge on any atom is -0.491 e. The molecule has 2 aromatic rings. The molecule has 0 saturated heterocycles. The Morgan fingerprint density at radius 2 is 0.970 bits per heavy atom. The molecule has 33 heavy (non-hydrogen) atoms. The number of rotatable bonds is 12. The number of carboxylic acids is 2. The average molecular weight is 846 g/mol. The molecule has 0 heterocycles. The van der Waals surface area contributed by atoms with Crippen LogP contribution in [0.1, 0.15) is 25.7 Å². The molecule has 0 aliphatic rings. The Morgan fingerprint density at radius 1 is 0.667 bits per heavy atom. The van der Waals surface area contributed by atoms with Gasteiger partial charge in [0, 0.05) is 27.2 Å². The van der Waals surface area contributed by atoms with Gasteiger partial charge < -0.3 is 19.7 Å². The van der Waals surface area contributed by atoms with E-state index >= 15 is 0 Å². The Labute approximate surface area is 241 Å². The lowest BCUT2D eigenvalue weighted by Crippen LogP contribution is -2.36. The van der Waals surface area contributed by atoms with Crippen LogP contribution in [0.25, 0.3) is 0 Å². The van der Waals surface area contributed by atoms with Crippen LogP contribution in [-0.4, -0.2) is 35.4 Å². The van der Waals surface area contributed by atoms with Gasteiger partial charge >= 0.3 is 11.9 Å². The molecule has 2 rings (SSSR count). The summed E-state index contributed by atoms with van der Waals surface area (Å²) in [5, 5.41) is 18.6. The van der Waals surface area contributed by atoms with Crippen LogP contribution in [0.4, 0.5) is 0 Å². The molecule has 180 valence electrons. The zero-order chi connectivity index (χ0) is 24.8. The van der Waals surface area contributed by atoms with E-state index in [1.165, 1.54) is 0 Å². The number of hydrogen-bond acceptors (Lipinski definition) is 4. The summed E-state index contributed by atoms with van der Waals surface area (Å²) in [5.74, 6) is -0.906. The molecule has 0 saturated carbocycles. The molecule has 0 aliphatic heterocycles. The monoisotopic (exact) mass is 840 g/mol. The minimum absolute atomic E-state index is 0.0537. The highest BCUT2D eigenvalue weighted by molar-refractivity contribution is 9.12. The SMILES string of the molecule is O=C(O)CCC(CCC(=O)O)(COc1c(Br)cc(Br)cc1Br)COc1c(Br)cc(Br)cc1Br. The molecule has 0 spiro atoms. The van der Waals surface area contributed by atoms with Gasteiger partial charge in [0.1, 0.15) is 11.5 Å². The molecule has 0 atom stereocenters. The van der Waals surface area contributed by atoms with E-state index in [-0.39, 0.29) is 38.9 Å². The molecular weight excluding hydrogens is 828 g/mol. The summed E-state index contributed by atoms with van der Waals surface area (Å²) in [4.78, 5) is 22.8. The second kappa shape index (κ2) is 13.2. The number of carbonyl (C=O) groups is 2. The molecule has 0 fully saturated rings. The van der Waals surface area contributed by atoms with Crippen LogP contribution >= 0.6 is 95.6 Å². The van der Waals surface area contributed by atoms with Gasteiger partial charge in [-0.2, -0.15) is 0 Å². The van der Waals surface area contributed by atoms with Crippen molar-refractivity contribution in [2.45, 2.75) is 25.7 Å². The normalized spacial score (nSPS) is 11.3. The van der Waals surface area contributed by atoms with Crippen LogP contribution in [0.5, 0.6) is 11.5 Å². The Bertz CT molecular complexity index is 901. The quantitative estimate of drug-likeness (QED) is 0.223. The van der Waals surface area contributed by atoms with Gasteiger partial charge in [-0.3, -0.25) is 9.59 Å². The number of benzene rings is 2. The Balaban J connectivity index is 2.37. The van der Waals surface area contributed by atoms with Gasteiger partial charge in [-0.25, -0.2) is 0 Å². The van der Waals surface area contributed by atoms with Gasteiger partial charge in [0.2, 0.25) is 0 Å². The van der Waals surface area contributed by atoms with Gasteiger partial charge in [-0.05, 0) is 101 Å². The lowest BCUT2D eigenvalue weighted by atomic mass is 9.80. The van der Waals surface area contributed by atoms with E-state index < -0.39 is 17.4 Å². The van der Waals surface area contributed by atoms with Crippen molar-refractivity contribution in [3.63, 3.8) is 0 Å². The van der Waals surface area contributed by atoms with Crippen LogP contribution in [0, 0.1) is 5.41 Å². The van der Waals surface area contributed by atoms with Crippen molar-refractivity contribution in [3.05, 3.63) is 51.1 Å². The minimum atomic E-state index is -0.980. The van der Waals surface area contributed by atoms with E-state index in [2.05, 4.69) is 95.6 Å². The maximum absolute atomic E-state index is 11.4. The van der Waals surface area contributed by atoms with Crippen LogP contribution in [0.15, 0.2) is 51.1 Å². The van der Waals surface area contributed by atoms with E-state index in [1.807, 2.05) is 24.3 Å². The maximum Gasteiger partial charge on any atom is 0.303 e. The number of hydrogen-bond donors (Lipinski definition) is 2. The Kier molecular flexibility index (Phi) is 11.7. The summed E-state index contributed by atoms with van der Waals surface area (Å²) in [7, 11) is 0. The first-order chi connectivity index (χ1) is 15.4. The van der Waals surface area contributed by atoms with Crippen LogP contribution in [0.2, 0.25) is 0 Å². The number of carboxylic acid groups (broad SMARTS) is 2. The number of halogens is 6. The van der Waals surface area contributed by atoms with E-state index in [9.17, 15) is 19.8 Å². The third kappa shape index (κ3) is 9.10. The summed E-state index contributed by atoms with van der Waals surface area (Å²) in [6, 6.07) is 7.29. The van der Waals surface area contributed by atoms with Crippen LogP contribution in [-0.2, 0) is 9.59 Å². The van der Waals surface area contributed by atoms with E-state index in [0.717, 1.165) is 8.95 Å². The first kappa shape index (κ1) is 29.1. The fourth-order valence-corrected chi connectivity index (χ4v) is 7.96. The molecule has 2 aromatic carbocycles. The molecule has 12 heteroatoms. The smallest absolute Gasteiger partial charge is 0.303 e. The second-order valence-electron chi connectivity index (χ2n) is 7.26. The van der Waals surface area contributed by atoms with Gasteiger partial charge in [-0.1, -0.05) is 31.9 Å². The van der Waals surface area contributed by atoms with Gasteiger partial charge in [0.15, 0.2) is 0 Å². The van der Waals surface area contributed by atoms with Gasteiger partial charge in [-0.15, -0.1) is 0 Å². The van der Waals surface area contributed by atoms with Crippen LogP contribution in [0.3, 0.4) is 0 Å². The summed E-state index contributed by atoms with van der Waals surface area (Å²) < 4.78 is 16.6. The van der Waals surface area contributed by atoms with E-state index in [1.54, 1.807) is 0 Å². The topological polar surface area (TPSA) is 93.1 Å². The predicted octanol–water partition coefficient (Wildman–Crippen LogP) is 8.44. The van der Waals surface area contributed by atoms with Crippen molar-refractivity contribution in [1.82, 2.24) is 0 Å². The second-order valence-corrected chi connectivity index (χ2v) is 12.5. The molecule has 0 amide bonds. The molecule has 0 unspecified atom stereocenters. The largest absolute Gasteiger partial charge is 0.491 e. The molecule has 0 aromatic heterocycles. The maximum atomic E-state index is 11.4. The van der Waals surface area contributed by atoms with Crippen LogP contribution < -0.4 is 9.47 Å². The Morgan fingerprint density at radius 3 is 1.24 bits per heavy atom. The standard InChI is InChI=1S/C21H18Br6O6/c22-11-5-13(24)19(14(25)6-11)32-9-21(3-1-17(28)29,4-2-18(30)31)10-33-20-15(26)7-12(23)8-16(20)27/h5-8H,1-4,9-10H2,(H,28,29)(H,30,31). The predicted molar refractivity (Wildman–Crippen MR) is 146 cm³/mol. The van der Waals surface area contributed by atoms with Crippen molar-refractivity contribution < 1.29 is 29.3 Å². The first-order valence-electron chi connectivity index (χ1n) is 9.41. The summed E-state index contributed by atoms with van der Waals surface area (Å²) in [6.45, 7) is 0.107. The highest BCUT2D eigenvalue weighted by Gasteiger charge is 2.35. The summed E-state index contributed by atoms with van der Waals surface area (Å²) >= 11 is 20.7. The molecule has 0 radical (unpaired) electrons. The fraction of sp³-hybridized carbons (Fsp3) is 0.333. The van der Waals surface area contributed by atoms with E-state index in [4.69, 9.17) is 9.47 Å². The third-order valence-electron chi connectivity index (χ3n) is 4.71. The first-order valence-corrected chi connectivity index (χ1v) is 14.2. The van der Waals surface area contributed by atoms with E-state index in [0.29, 0.717) is 29.4 Å². The number of ether oxygens (including phenoxy) is 2. The summed E-state index contributed by atoms with van der Waals surface area (Å²) in [6.07, 6.45) is 0.0374. The third-order valence-corrected chi connectivity index (χ3v) is 7.98. The van der Waals surface area contributed by atoms with Crippen molar-refractivity contribution in [2.75, 3.05) is 13.2 Å². The molecule has 0 bridgehead atoms. The highest BCUT2D eigenvalue weighted by atomic mass is 79.9. The average Bonchev–Trinajstić information content (AvgIpc) is 2.68.